The molecular weight excluding hydrogens is 1110 g/mol. The van der Waals surface area contributed by atoms with Crippen LogP contribution < -0.4 is 0 Å². The molecule has 8 aromatic carbocycles. The largest absolute Gasteiger partial charge is 0.394 e. The maximum absolute atomic E-state index is 12.7. The van der Waals surface area contributed by atoms with E-state index in [4.69, 9.17) is 0 Å². The van der Waals surface area contributed by atoms with Crippen LogP contribution in [0.2, 0.25) is 0 Å². The van der Waals surface area contributed by atoms with Crippen LogP contribution in [0.4, 0.5) is 13.2 Å². The minimum atomic E-state index is -4.16. The Morgan fingerprint density at radius 1 is 0.308 bits per heavy atom. The molecule has 0 heterocycles. The lowest BCUT2D eigenvalue weighted by Gasteiger charge is -2.27. The van der Waals surface area contributed by atoms with E-state index in [0.29, 0.717) is 17.3 Å². The van der Waals surface area contributed by atoms with Gasteiger partial charge < -0.3 is 0 Å². The van der Waals surface area contributed by atoms with Gasteiger partial charge in [-0.3, -0.25) is 0 Å². The number of halogens is 3. The summed E-state index contributed by atoms with van der Waals surface area (Å²) in [5, 5.41) is 0. The number of benzene rings is 8. The van der Waals surface area contributed by atoms with Crippen LogP contribution in [0.25, 0.3) is 0 Å². The Hall–Kier alpha value is -6.45. The molecule has 0 fully saturated rings. The number of alkyl halides is 3. The van der Waals surface area contributed by atoms with Crippen molar-refractivity contribution in [1.82, 2.24) is 0 Å². The Kier molecular flexibility index (Phi) is 35.0. The van der Waals surface area contributed by atoms with E-state index in [1.54, 1.807) is 6.07 Å². The first-order valence-electron chi connectivity index (χ1n) is 33.4. The lowest BCUT2D eigenvalue weighted by atomic mass is 9.84. The number of hydrogen-bond acceptors (Lipinski definition) is 0. The molecule has 0 nitrogen and oxygen atoms in total. The standard InChI is InChI=1S/C13H17F3.C13H20.2C12H18.C11H16.C10H14.C9H12.C8H10/c1-9-5-6-11(7-10(9)2)8-12(3,4)13(14,15)16;1-10-6-7-12(8-11(10)2)9-13(3,4)5;1-9-6-7-11(8-10(9)2)12(3,4)5;1-9(2)7-12-6-5-10(3)11(4)8-12;1-8(2)11-6-5-9(3)10(4)7-11;1-8(2)10-7-5-4-6-9(10)3;1-7-4-5-8(2)9(3)6-7;1-7-5-3-4-6-8(7)2/h5-7H,8H2,1-4H3;6-8H,9H2,1-5H3;6-8H,1-5H3;5-6,8-9H,7H2,1-4H3;5-8H,1-4H3;4-8H,1-3H3;4-6H,1-3H3;3-6H,1-2H3. The van der Waals surface area contributed by atoms with Gasteiger partial charge >= 0.3 is 6.18 Å². The second-order valence-electron chi connectivity index (χ2n) is 29.9. The first kappa shape index (κ1) is 82.6. The number of hydrogen-bond donors (Lipinski definition) is 0. The molecular formula is C88H125F3. The lowest BCUT2D eigenvalue weighted by Crippen LogP contribution is -2.34. The molecule has 0 radical (unpaired) electrons. The highest BCUT2D eigenvalue weighted by atomic mass is 19.4. The van der Waals surface area contributed by atoms with E-state index in [2.05, 4.69) is 320 Å². The molecule has 0 aromatic heterocycles. The summed E-state index contributed by atoms with van der Waals surface area (Å²) in [4.78, 5) is 0. The zero-order valence-electron chi connectivity index (χ0n) is 63.0. The smallest absolute Gasteiger partial charge is 0.171 e. The fraction of sp³-hybridized carbons (Fsp3) is 0.455. The Labute approximate surface area is 557 Å². The predicted octanol–water partition coefficient (Wildman–Crippen LogP) is 26.9. The Morgan fingerprint density at radius 2 is 0.648 bits per heavy atom. The summed E-state index contributed by atoms with van der Waals surface area (Å²) in [6, 6.07) is 55.8. The van der Waals surface area contributed by atoms with E-state index in [-0.39, 0.29) is 11.8 Å². The van der Waals surface area contributed by atoms with Crippen molar-refractivity contribution in [3.05, 3.63) is 280 Å². The van der Waals surface area contributed by atoms with E-state index in [9.17, 15) is 13.2 Å². The van der Waals surface area contributed by atoms with Crippen LogP contribution in [0, 0.1) is 128 Å². The van der Waals surface area contributed by atoms with Gasteiger partial charge in [-0.2, -0.15) is 13.2 Å². The van der Waals surface area contributed by atoms with Crippen molar-refractivity contribution < 1.29 is 13.2 Å². The topological polar surface area (TPSA) is 0 Å². The molecule has 0 unspecified atom stereocenters. The summed E-state index contributed by atoms with van der Waals surface area (Å²) in [7, 11) is 0. The van der Waals surface area contributed by atoms with Crippen molar-refractivity contribution in [3.63, 3.8) is 0 Å². The summed E-state index contributed by atoms with van der Waals surface area (Å²) < 4.78 is 38.1. The molecule has 0 aliphatic carbocycles. The molecule has 498 valence electrons. The Balaban J connectivity index is 0.000000524. The van der Waals surface area contributed by atoms with E-state index in [1.165, 1.54) is 126 Å². The van der Waals surface area contributed by atoms with Gasteiger partial charge in [-0.1, -0.05) is 260 Å². The second kappa shape index (κ2) is 38.5. The molecule has 0 saturated heterocycles. The van der Waals surface area contributed by atoms with Crippen LogP contribution in [-0.2, 0) is 24.7 Å². The molecule has 0 aliphatic rings. The molecule has 8 rings (SSSR count). The molecule has 8 aromatic rings. The zero-order chi connectivity index (χ0) is 69.9. The molecule has 0 amide bonds. The molecule has 0 N–H and O–H groups in total. The fourth-order valence-electron chi connectivity index (χ4n) is 9.57. The van der Waals surface area contributed by atoms with Gasteiger partial charge in [0.2, 0.25) is 0 Å². The molecule has 3 heteroatoms. The highest BCUT2D eigenvalue weighted by Crippen LogP contribution is 2.40. The van der Waals surface area contributed by atoms with Crippen LogP contribution >= 0.6 is 0 Å². The quantitative estimate of drug-likeness (QED) is 0.149. The average Bonchev–Trinajstić information content (AvgIpc) is 1.51. The highest BCUT2D eigenvalue weighted by molar-refractivity contribution is 5.36. The van der Waals surface area contributed by atoms with Crippen molar-refractivity contribution in [1.29, 1.82) is 0 Å². The van der Waals surface area contributed by atoms with Gasteiger partial charge in [-0.25, -0.2) is 0 Å². The van der Waals surface area contributed by atoms with E-state index in [1.807, 2.05) is 26.0 Å². The van der Waals surface area contributed by atoms with Crippen LogP contribution in [0.1, 0.15) is 231 Å². The maximum Gasteiger partial charge on any atom is 0.394 e. The average molecular weight is 1240 g/mol. The summed E-state index contributed by atoms with van der Waals surface area (Å²) in [5.41, 5.74) is 28.5. The maximum atomic E-state index is 12.7. The molecule has 91 heavy (non-hydrogen) atoms. The SMILES string of the molecule is Cc1ccc(C(C)(C)C)cc1C.Cc1ccc(C(C)C)cc1C.Cc1ccc(C)c(C)c1.Cc1ccc(CC(C)(C)C(F)(F)F)cc1C.Cc1ccc(CC(C)(C)C)cc1C.Cc1ccc(CC(C)C)cc1C.Cc1ccccc1C.Cc1ccccc1C(C)C. The van der Waals surface area contributed by atoms with Crippen molar-refractivity contribution in [2.24, 2.45) is 16.7 Å². The summed E-state index contributed by atoms with van der Waals surface area (Å²) in [6.45, 7) is 63.5. The fourth-order valence-corrected chi connectivity index (χ4v) is 9.57. The van der Waals surface area contributed by atoms with Crippen molar-refractivity contribution in [3.8, 4) is 0 Å². The van der Waals surface area contributed by atoms with Crippen LogP contribution in [-0.4, -0.2) is 6.18 Å². The second-order valence-corrected chi connectivity index (χ2v) is 29.9. The van der Waals surface area contributed by atoms with Gasteiger partial charge in [0, 0.05) is 0 Å². The van der Waals surface area contributed by atoms with Gasteiger partial charge in [-0.15, -0.1) is 0 Å². The van der Waals surface area contributed by atoms with Crippen LogP contribution in [0.5, 0.6) is 0 Å². The van der Waals surface area contributed by atoms with Gasteiger partial charge in [0.15, 0.2) is 0 Å². The first-order valence-corrected chi connectivity index (χ1v) is 33.4. The third kappa shape index (κ3) is 32.6. The first-order chi connectivity index (χ1) is 41.8. The number of rotatable bonds is 7. The third-order valence-corrected chi connectivity index (χ3v) is 17.0. The van der Waals surface area contributed by atoms with Gasteiger partial charge in [0.25, 0.3) is 0 Å². The monoisotopic (exact) mass is 1240 g/mol. The van der Waals surface area contributed by atoms with Gasteiger partial charge in [0.1, 0.15) is 0 Å². The minimum Gasteiger partial charge on any atom is -0.171 e. The van der Waals surface area contributed by atoms with Gasteiger partial charge in [0.05, 0.1) is 5.41 Å². The molecule has 0 atom stereocenters. The van der Waals surface area contributed by atoms with Crippen molar-refractivity contribution in [2.75, 3.05) is 0 Å². The third-order valence-electron chi connectivity index (χ3n) is 17.0. The zero-order valence-corrected chi connectivity index (χ0v) is 63.0. The molecule has 0 saturated carbocycles. The lowest BCUT2D eigenvalue weighted by molar-refractivity contribution is -0.211. The Morgan fingerprint density at radius 3 is 0.967 bits per heavy atom. The van der Waals surface area contributed by atoms with Crippen LogP contribution in [0.3, 0.4) is 0 Å². The van der Waals surface area contributed by atoms with E-state index in [0.717, 1.165) is 29.0 Å². The summed E-state index contributed by atoms with van der Waals surface area (Å²) in [6.07, 6.45) is -1.78. The van der Waals surface area contributed by atoms with E-state index >= 15 is 0 Å². The normalized spacial score (nSPS) is 11.1. The van der Waals surface area contributed by atoms with E-state index < -0.39 is 11.6 Å². The van der Waals surface area contributed by atoms with Gasteiger partial charge in [-0.05, 0) is 275 Å². The number of aryl methyl sites for hydroxylation is 16. The minimum absolute atomic E-state index is 0.0254. The van der Waals surface area contributed by atoms with Crippen LogP contribution in [0.15, 0.2) is 158 Å². The molecule has 0 spiro atoms. The molecule has 0 aliphatic heterocycles. The summed E-state index contributed by atoms with van der Waals surface area (Å²) >= 11 is 0. The Bertz CT molecular complexity index is 3390. The summed E-state index contributed by atoms with van der Waals surface area (Å²) in [5.74, 6) is 2.06. The van der Waals surface area contributed by atoms with Crippen molar-refractivity contribution in [2.45, 2.75) is 250 Å². The van der Waals surface area contributed by atoms with Crippen molar-refractivity contribution >= 4 is 0 Å². The molecule has 0 bridgehead atoms. The highest BCUT2D eigenvalue weighted by Gasteiger charge is 2.47. The predicted molar refractivity (Wildman–Crippen MR) is 399 cm³/mol.